The molecule has 0 bridgehead atoms. The fraction of sp³-hybridized carbons (Fsp3) is 0.571. The average Bonchev–Trinajstić information content (AvgIpc) is 2.33. The summed E-state index contributed by atoms with van der Waals surface area (Å²) in [7, 11) is -3.61. The summed E-state index contributed by atoms with van der Waals surface area (Å²) in [6.45, 7) is 5.81. The van der Waals surface area contributed by atoms with Crippen LogP contribution in [0.1, 0.15) is 25.3 Å². The monoisotopic (exact) mass is 284 g/mol. The highest BCUT2D eigenvalue weighted by Crippen LogP contribution is 2.31. The molecule has 0 unspecified atom stereocenters. The summed E-state index contributed by atoms with van der Waals surface area (Å²) >= 11 is 0. The number of hydrogen-bond donors (Lipinski definition) is 0. The van der Waals surface area contributed by atoms with E-state index in [1.807, 2.05) is 6.92 Å². The van der Waals surface area contributed by atoms with Gasteiger partial charge in [-0.1, -0.05) is 24.6 Å². The Bertz CT molecular complexity index is 515. The van der Waals surface area contributed by atoms with Crippen LogP contribution in [0.3, 0.4) is 0 Å². The van der Waals surface area contributed by atoms with E-state index in [9.17, 15) is 8.42 Å². The normalized spacial score (nSPS) is 18.0. The molecule has 5 heteroatoms. The van der Waals surface area contributed by atoms with E-state index in [0.717, 1.165) is 31.6 Å². The van der Waals surface area contributed by atoms with Crippen LogP contribution in [0.25, 0.3) is 0 Å². The standard InChI is InChI=1S/C14H20O4S/c1-12-4-6-13(7-5-12)19(15,16)18-9-3-8-14(2)10-17-11-14/h4-7H,3,8-11H2,1-2H3. The van der Waals surface area contributed by atoms with Crippen LogP contribution in [-0.2, 0) is 19.0 Å². The van der Waals surface area contributed by atoms with Crippen molar-refractivity contribution >= 4 is 10.1 Å². The van der Waals surface area contributed by atoms with Crippen molar-refractivity contribution in [3.63, 3.8) is 0 Å². The number of ether oxygens (including phenoxy) is 1. The Morgan fingerprint density at radius 1 is 1.26 bits per heavy atom. The number of benzene rings is 1. The Morgan fingerprint density at radius 2 is 1.89 bits per heavy atom. The van der Waals surface area contributed by atoms with Crippen molar-refractivity contribution in [1.82, 2.24) is 0 Å². The van der Waals surface area contributed by atoms with Gasteiger partial charge in [-0.25, -0.2) is 0 Å². The first-order valence-corrected chi connectivity index (χ1v) is 7.86. The second-order valence-corrected chi connectivity index (χ2v) is 7.11. The first kappa shape index (κ1) is 14.5. The maximum Gasteiger partial charge on any atom is 0.296 e. The predicted octanol–water partition coefficient (Wildman–Crippen LogP) is 2.52. The van der Waals surface area contributed by atoms with Crippen LogP contribution in [0.5, 0.6) is 0 Å². The van der Waals surface area contributed by atoms with Gasteiger partial charge in [0.15, 0.2) is 0 Å². The second kappa shape index (κ2) is 5.61. The molecule has 4 nitrogen and oxygen atoms in total. The molecule has 1 aliphatic heterocycles. The van der Waals surface area contributed by atoms with Gasteiger partial charge in [0.05, 0.1) is 24.7 Å². The summed E-state index contributed by atoms with van der Waals surface area (Å²) in [5.74, 6) is 0. The van der Waals surface area contributed by atoms with Crippen molar-refractivity contribution in [2.24, 2.45) is 5.41 Å². The van der Waals surface area contributed by atoms with Crippen LogP contribution in [-0.4, -0.2) is 28.2 Å². The molecule has 1 aromatic rings. The Hall–Kier alpha value is -0.910. The van der Waals surface area contributed by atoms with Gasteiger partial charge in [-0.15, -0.1) is 0 Å². The third kappa shape index (κ3) is 3.78. The Labute approximate surface area is 114 Å². The van der Waals surface area contributed by atoms with Crippen molar-refractivity contribution in [3.8, 4) is 0 Å². The number of aryl methyl sites for hydroxylation is 1. The Balaban J connectivity index is 1.82. The first-order valence-electron chi connectivity index (χ1n) is 6.45. The van der Waals surface area contributed by atoms with Crippen molar-refractivity contribution < 1.29 is 17.3 Å². The van der Waals surface area contributed by atoms with Crippen LogP contribution in [0, 0.1) is 12.3 Å². The Morgan fingerprint density at radius 3 is 2.42 bits per heavy atom. The zero-order chi connectivity index (χ0) is 13.9. The highest BCUT2D eigenvalue weighted by atomic mass is 32.2. The molecule has 2 rings (SSSR count). The quantitative estimate of drug-likeness (QED) is 0.595. The summed E-state index contributed by atoms with van der Waals surface area (Å²) < 4.78 is 34.0. The average molecular weight is 284 g/mol. The lowest BCUT2D eigenvalue weighted by Gasteiger charge is -2.38. The van der Waals surface area contributed by atoms with E-state index in [0.29, 0.717) is 0 Å². The molecule has 0 N–H and O–H groups in total. The van der Waals surface area contributed by atoms with Crippen LogP contribution < -0.4 is 0 Å². The van der Waals surface area contributed by atoms with Crippen LogP contribution in [0.2, 0.25) is 0 Å². The van der Waals surface area contributed by atoms with E-state index in [2.05, 4.69) is 6.92 Å². The number of rotatable bonds is 6. The summed E-state index contributed by atoms with van der Waals surface area (Å²) in [6.07, 6.45) is 1.65. The zero-order valence-electron chi connectivity index (χ0n) is 11.4. The van der Waals surface area contributed by atoms with Gasteiger partial charge in [-0.3, -0.25) is 4.18 Å². The van der Waals surface area contributed by atoms with Crippen molar-refractivity contribution in [2.45, 2.75) is 31.6 Å². The van der Waals surface area contributed by atoms with Gasteiger partial charge in [0.2, 0.25) is 0 Å². The molecule has 0 aromatic heterocycles. The molecule has 0 radical (unpaired) electrons. The molecule has 1 heterocycles. The molecule has 106 valence electrons. The highest BCUT2D eigenvalue weighted by molar-refractivity contribution is 7.86. The van der Waals surface area contributed by atoms with Gasteiger partial charge in [0, 0.05) is 5.41 Å². The maximum atomic E-state index is 11.9. The lowest BCUT2D eigenvalue weighted by atomic mass is 9.84. The number of hydrogen-bond acceptors (Lipinski definition) is 4. The van der Waals surface area contributed by atoms with E-state index >= 15 is 0 Å². The SMILES string of the molecule is Cc1ccc(S(=O)(=O)OCCCC2(C)COC2)cc1. The molecule has 0 spiro atoms. The van der Waals surface area contributed by atoms with Gasteiger partial charge in [-0.05, 0) is 31.9 Å². The maximum absolute atomic E-state index is 11.9. The molecule has 19 heavy (non-hydrogen) atoms. The van der Waals surface area contributed by atoms with E-state index in [4.69, 9.17) is 8.92 Å². The van der Waals surface area contributed by atoms with Crippen molar-refractivity contribution in [2.75, 3.05) is 19.8 Å². The van der Waals surface area contributed by atoms with Gasteiger partial charge < -0.3 is 4.74 Å². The van der Waals surface area contributed by atoms with Crippen LogP contribution in [0.15, 0.2) is 29.2 Å². The lowest BCUT2D eigenvalue weighted by Crippen LogP contribution is -2.39. The molecule has 1 aliphatic rings. The van der Waals surface area contributed by atoms with Gasteiger partial charge >= 0.3 is 0 Å². The minimum absolute atomic E-state index is 0.205. The fourth-order valence-corrected chi connectivity index (χ4v) is 2.98. The van der Waals surface area contributed by atoms with Crippen LogP contribution >= 0.6 is 0 Å². The summed E-state index contributed by atoms with van der Waals surface area (Å²) in [6, 6.07) is 6.68. The molecule has 1 saturated heterocycles. The molecule has 0 aliphatic carbocycles. The van der Waals surface area contributed by atoms with Gasteiger partial charge in [0.1, 0.15) is 0 Å². The second-order valence-electron chi connectivity index (χ2n) is 5.50. The molecule has 0 saturated carbocycles. The van der Waals surface area contributed by atoms with Crippen molar-refractivity contribution in [1.29, 1.82) is 0 Å². The molecular formula is C14H20O4S. The molecule has 0 amide bonds. The Kier molecular flexibility index (Phi) is 4.28. The molecule has 0 atom stereocenters. The minimum atomic E-state index is -3.61. The fourth-order valence-electron chi connectivity index (χ4n) is 2.04. The largest absolute Gasteiger partial charge is 0.380 e. The van der Waals surface area contributed by atoms with Crippen molar-refractivity contribution in [3.05, 3.63) is 29.8 Å². The smallest absolute Gasteiger partial charge is 0.296 e. The van der Waals surface area contributed by atoms with E-state index in [-0.39, 0.29) is 16.9 Å². The summed E-state index contributed by atoms with van der Waals surface area (Å²) in [4.78, 5) is 0.219. The topological polar surface area (TPSA) is 52.6 Å². The van der Waals surface area contributed by atoms with Gasteiger partial charge in [0.25, 0.3) is 10.1 Å². The molecule has 1 fully saturated rings. The predicted molar refractivity (Wildman–Crippen MR) is 72.5 cm³/mol. The first-order chi connectivity index (χ1) is 8.91. The summed E-state index contributed by atoms with van der Waals surface area (Å²) in [5.41, 5.74) is 1.23. The van der Waals surface area contributed by atoms with E-state index in [1.54, 1.807) is 24.3 Å². The molecule has 1 aromatic carbocycles. The van der Waals surface area contributed by atoms with E-state index in [1.165, 1.54) is 0 Å². The minimum Gasteiger partial charge on any atom is -0.380 e. The van der Waals surface area contributed by atoms with E-state index < -0.39 is 10.1 Å². The zero-order valence-corrected chi connectivity index (χ0v) is 12.2. The lowest BCUT2D eigenvalue weighted by molar-refractivity contribution is -0.107. The summed E-state index contributed by atoms with van der Waals surface area (Å²) in [5, 5.41) is 0. The third-order valence-electron chi connectivity index (χ3n) is 3.37. The van der Waals surface area contributed by atoms with Gasteiger partial charge in [-0.2, -0.15) is 8.42 Å². The highest BCUT2D eigenvalue weighted by Gasteiger charge is 2.32. The third-order valence-corrected chi connectivity index (χ3v) is 4.70. The molecular weight excluding hydrogens is 264 g/mol. The van der Waals surface area contributed by atoms with Crippen LogP contribution in [0.4, 0.5) is 0 Å².